The Morgan fingerprint density at radius 1 is 1.45 bits per heavy atom. The Morgan fingerprint density at radius 2 is 2.14 bits per heavy atom. The molecule has 7 heteroatoms. The molecule has 1 spiro atoms. The fourth-order valence-electron chi connectivity index (χ4n) is 3.04. The van der Waals surface area contributed by atoms with Gasteiger partial charge in [-0.2, -0.15) is 0 Å². The van der Waals surface area contributed by atoms with Gasteiger partial charge in [-0.25, -0.2) is 8.78 Å². The molecule has 1 heterocycles. The van der Waals surface area contributed by atoms with Gasteiger partial charge in [-0.05, 0) is 30.7 Å². The van der Waals surface area contributed by atoms with E-state index < -0.39 is 23.2 Å². The van der Waals surface area contributed by atoms with Crippen LogP contribution in [0.5, 0.6) is 0 Å². The van der Waals surface area contributed by atoms with Crippen LogP contribution in [0.1, 0.15) is 29.3 Å². The van der Waals surface area contributed by atoms with Crippen molar-refractivity contribution in [2.75, 3.05) is 19.7 Å². The summed E-state index contributed by atoms with van der Waals surface area (Å²) >= 11 is 3.26. The normalized spacial score (nSPS) is 25.1. The number of carbonyl (C=O) groups is 2. The Hall–Kier alpha value is -1.50. The molecule has 1 unspecified atom stereocenters. The fourth-order valence-corrected chi connectivity index (χ4v) is 3.40. The molecule has 1 saturated carbocycles. The van der Waals surface area contributed by atoms with Gasteiger partial charge in [-0.3, -0.25) is 9.59 Å². The summed E-state index contributed by atoms with van der Waals surface area (Å²) in [6.07, 6.45) is -0.309. The maximum absolute atomic E-state index is 14.0. The van der Waals surface area contributed by atoms with Crippen LogP contribution in [0.2, 0.25) is 0 Å². The number of hydrogen-bond donors (Lipinski definition) is 0. The van der Waals surface area contributed by atoms with Crippen molar-refractivity contribution in [3.8, 4) is 0 Å². The number of hydrogen-bond acceptors (Lipinski definition) is 3. The van der Waals surface area contributed by atoms with E-state index in [1.807, 2.05) is 0 Å². The SMILES string of the molecule is CCOC(=O)CN1CC2(CC2(F)F)c2cc(Br)ccc2C1=O. The summed E-state index contributed by atoms with van der Waals surface area (Å²) in [5.41, 5.74) is -0.792. The number of nitrogens with zero attached hydrogens (tertiary/aromatic N) is 1. The molecule has 1 atom stereocenters. The molecule has 1 aliphatic carbocycles. The smallest absolute Gasteiger partial charge is 0.325 e. The number of halogens is 3. The predicted octanol–water partition coefficient (Wildman–Crippen LogP) is 2.74. The minimum Gasteiger partial charge on any atom is -0.465 e. The molecule has 0 N–H and O–H groups in total. The highest BCUT2D eigenvalue weighted by Gasteiger charge is 2.74. The Kier molecular flexibility index (Phi) is 3.51. The molecule has 0 aromatic heterocycles. The first-order valence-corrected chi connectivity index (χ1v) is 7.73. The highest BCUT2D eigenvalue weighted by Crippen LogP contribution is 2.64. The van der Waals surface area contributed by atoms with Crippen molar-refractivity contribution in [3.63, 3.8) is 0 Å². The number of carbonyl (C=O) groups excluding carboxylic acids is 2. The third-order valence-electron chi connectivity index (χ3n) is 4.20. The monoisotopic (exact) mass is 373 g/mol. The highest BCUT2D eigenvalue weighted by atomic mass is 79.9. The molecular weight excluding hydrogens is 360 g/mol. The molecule has 1 aromatic rings. The Bertz CT molecular complexity index is 664. The molecule has 22 heavy (non-hydrogen) atoms. The van der Waals surface area contributed by atoms with Gasteiger partial charge in [0.25, 0.3) is 11.8 Å². The average molecular weight is 374 g/mol. The van der Waals surface area contributed by atoms with E-state index in [0.29, 0.717) is 10.0 Å². The van der Waals surface area contributed by atoms with Gasteiger partial charge in [0.2, 0.25) is 0 Å². The van der Waals surface area contributed by atoms with Crippen molar-refractivity contribution in [3.05, 3.63) is 33.8 Å². The van der Waals surface area contributed by atoms with Crippen molar-refractivity contribution in [2.45, 2.75) is 24.7 Å². The Labute approximate surface area is 134 Å². The van der Waals surface area contributed by atoms with Crippen molar-refractivity contribution >= 4 is 27.8 Å². The molecule has 1 fully saturated rings. The first-order chi connectivity index (χ1) is 10.3. The van der Waals surface area contributed by atoms with E-state index in [0.717, 1.165) is 4.90 Å². The van der Waals surface area contributed by atoms with Crippen molar-refractivity contribution in [2.24, 2.45) is 0 Å². The molecule has 1 amide bonds. The maximum Gasteiger partial charge on any atom is 0.325 e. The van der Waals surface area contributed by atoms with Crippen LogP contribution in [0.4, 0.5) is 8.78 Å². The lowest BCUT2D eigenvalue weighted by Crippen LogP contribution is -2.47. The maximum atomic E-state index is 14.0. The molecule has 1 aromatic carbocycles. The van der Waals surface area contributed by atoms with E-state index in [4.69, 9.17) is 4.74 Å². The first-order valence-electron chi connectivity index (χ1n) is 6.93. The second-order valence-corrected chi connectivity index (χ2v) is 6.54. The van der Waals surface area contributed by atoms with Crippen LogP contribution < -0.4 is 0 Å². The Balaban J connectivity index is 1.98. The molecule has 3 rings (SSSR count). The van der Waals surface area contributed by atoms with Gasteiger partial charge in [-0.15, -0.1) is 0 Å². The van der Waals surface area contributed by atoms with Crippen LogP contribution in [0.3, 0.4) is 0 Å². The topological polar surface area (TPSA) is 46.6 Å². The van der Waals surface area contributed by atoms with E-state index in [9.17, 15) is 18.4 Å². The molecule has 0 radical (unpaired) electrons. The van der Waals surface area contributed by atoms with Crippen molar-refractivity contribution in [1.29, 1.82) is 0 Å². The lowest BCUT2D eigenvalue weighted by molar-refractivity contribution is -0.144. The quantitative estimate of drug-likeness (QED) is 0.765. The third-order valence-corrected chi connectivity index (χ3v) is 4.69. The number of esters is 1. The van der Waals surface area contributed by atoms with Gasteiger partial charge in [0, 0.05) is 23.0 Å². The fraction of sp³-hybridized carbons (Fsp3) is 0.467. The van der Waals surface area contributed by atoms with Gasteiger partial charge in [0.1, 0.15) is 6.54 Å². The van der Waals surface area contributed by atoms with Crippen molar-refractivity contribution in [1.82, 2.24) is 4.90 Å². The zero-order valence-corrected chi connectivity index (χ0v) is 13.5. The van der Waals surface area contributed by atoms with E-state index in [1.165, 1.54) is 6.07 Å². The summed E-state index contributed by atoms with van der Waals surface area (Å²) in [6.45, 7) is 1.37. The Morgan fingerprint density at radius 3 is 2.73 bits per heavy atom. The number of ether oxygens (including phenoxy) is 1. The van der Waals surface area contributed by atoms with E-state index >= 15 is 0 Å². The van der Waals surface area contributed by atoms with E-state index in [-0.39, 0.29) is 31.7 Å². The number of benzene rings is 1. The summed E-state index contributed by atoms with van der Waals surface area (Å²) in [5.74, 6) is -3.87. The third kappa shape index (κ3) is 2.22. The number of fused-ring (bicyclic) bond motifs is 2. The molecule has 0 saturated heterocycles. The molecule has 4 nitrogen and oxygen atoms in total. The lowest BCUT2D eigenvalue weighted by Gasteiger charge is -2.34. The summed E-state index contributed by atoms with van der Waals surface area (Å²) < 4.78 is 33.5. The first kappa shape index (κ1) is 15.4. The number of rotatable bonds is 3. The minimum atomic E-state index is -2.86. The van der Waals surface area contributed by atoms with Crippen LogP contribution in [0.25, 0.3) is 0 Å². The highest BCUT2D eigenvalue weighted by molar-refractivity contribution is 9.10. The predicted molar refractivity (Wildman–Crippen MR) is 77.9 cm³/mol. The second kappa shape index (κ2) is 5.01. The summed E-state index contributed by atoms with van der Waals surface area (Å²) in [6, 6.07) is 4.74. The van der Waals surface area contributed by atoms with Crippen molar-refractivity contribution < 1.29 is 23.1 Å². The largest absolute Gasteiger partial charge is 0.465 e. The minimum absolute atomic E-state index is 0.166. The van der Waals surface area contributed by atoms with Crippen LogP contribution >= 0.6 is 15.9 Å². The zero-order chi connectivity index (χ0) is 16.1. The van der Waals surface area contributed by atoms with Gasteiger partial charge < -0.3 is 9.64 Å². The van der Waals surface area contributed by atoms with Gasteiger partial charge in [0.15, 0.2) is 0 Å². The second-order valence-electron chi connectivity index (χ2n) is 5.62. The molecule has 0 bridgehead atoms. The van der Waals surface area contributed by atoms with Crippen LogP contribution in [0.15, 0.2) is 22.7 Å². The molecule has 118 valence electrons. The molecule has 2 aliphatic rings. The lowest BCUT2D eigenvalue weighted by atomic mass is 9.86. The summed E-state index contributed by atoms with van der Waals surface area (Å²) in [5, 5.41) is 0. The molecule has 1 aliphatic heterocycles. The standard InChI is InChI=1S/C15H14BrF2NO3/c1-2-22-12(20)6-19-8-14(7-15(14,17)18)11-5-9(16)3-4-10(11)13(19)21/h3-5H,2,6-8H2,1H3. The molecular formula is C15H14BrF2NO3. The number of alkyl halides is 2. The van der Waals surface area contributed by atoms with Crippen LogP contribution in [-0.4, -0.2) is 42.4 Å². The van der Waals surface area contributed by atoms with E-state index in [2.05, 4.69) is 15.9 Å². The zero-order valence-electron chi connectivity index (χ0n) is 11.9. The van der Waals surface area contributed by atoms with Gasteiger partial charge in [-0.1, -0.05) is 15.9 Å². The average Bonchev–Trinajstić information content (AvgIpc) is 2.98. The van der Waals surface area contributed by atoms with Crippen LogP contribution in [-0.2, 0) is 14.9 Å². The van der Waals surface area contributed by atoms with Crippen LogP contribution in [0, 0.1) is 0 Å². The van der Waals surface area contributed by atoms with Gasteiger partial charge in [0.05, 0.1) is 12.0 Å². The number of amides is 1. The van der Waals surface area contributed by atoms with E-state index in [1.54, 1.807) is 19.1 Å². The van der Waals surface area contributed by atoms with Gasteiger partial charge >= 0.3 is 5.97 Å². The summed E-state index contributed by atoms with van der Waals surface area (Å²) in [4.78, 5) is 25.2. The summed E-state index contributed by atoms with van der Waals surface area (Å²) in [7, 11) is 0.